The first kappa shape index (κ1) is 30.0. The molecule has 7 nitrogen and oxygen atoms in total. The number of thiocarbonyl (C=S) groups is 1. The minimum atomic E-state index is -0.803. The van der Waals surface area contributed by atoms with Crippen molar-refractivity contribution >= 4 is 46.7 Å². The highest BCUT2D eigenvalue weighted by atomic mass is 35.5. The van der Waals surface area contributed by atoms with Gasteiger partial charge in [-0.05, 0) is 36.3 Å². The van der Waals surface area contributed by atoms with Gasteiger partial charge in [0, 0.05) is 18.1 Å². The van der Waals surface area contributed by atoms with Crippen molar-refractivity contribution < 1.29 is 19.1 Å². The van der Waals surface area contributed by atoms with Crippen molar-refractivity contribution in [1.82, 2.24) is 15.5 Å². The Kier molecular flexibility index (Phi) is 14.4. The van der Waals surface area contributed by atoms with Crippen LogP contribution in [0.1, 0.15) is 83.1 Å². The number of ether oxygens (including phenoxy) is 1. The van der Waals surface area contributed by atoms with E-state index in [1.807, 2.05) is 0 Å². The summed E-state index contributed by atoms with van der Waals surface area (Å²) in [5.41, 5.74) is 0.795. The Hall–Kier alpha value is -2.19. The van der Waals surface area contributed by atoms with Gasteiger partial charge in [0.2, 0.25) is 11.8 Å². The number of nitrogens with one attached hydrogen (secondary N) is 2. The van der Waals surface area contributed by atoms with E-state index in [-0.39, 0.29) is 29.8 Å². The van der Waals surface area contributed by atoms with Gasteiger partial charge in [0.05, 0.1) is 19.4 Å². The Morgan fingerprint density at radius 1 is 1.06 bits per heavy atom. The van der Waals surface area contributed by atoms with Gasteiger partial charge < -0.3 is 20.3 Å². The molecule has 1 heterocycles. The maximum Gasteiger partial charge on any atom is 0.308 e. The summed E-state index contributed by atoms with van der Waals surface area (Å²) in [6, 6.07) is 6.17. The SMILES string of the molecule is CCCCCCCCCCCCOC(=O)CC1C(=O)NCCN1C(=S)NC(=O)Cc1ccc(Cl)cc1. The molecule has 1 aliphatic heterocycles. The lowest BCUT2D eigenvalue weighted by Crippen LogP contribution is -2.60. The molecule has 36 heavy (non-hydrogen) atoms. The first-order valence-electron chi connectivity index (χ1n) is 13.2. The summed E-state index contributed by atoms with van der Waals surface area (Å²) >= 11 is 11.3. The zero-order valence-corrected chi connectivity index (χ0v) is 22.9. The average molecular weight is 538 g/mol. The molecule has 1 atom stereocenters. The smallest absolute Gasteiger partial charge is 0.308 e. The minimum Gasteiger partial charge on any atom is -0.466 e. The number of amides is 2. The van der Waals surface area contributed by atoms with Gasteiger partial charge in [0.25, 0.3) is 0 Å². The van der Waals surface area contributed by atoms with E-state index >= 15 is 0 Å². The van der Waals surface area contributed by atoms with Crippen LogP contribution in [0.5, 0.6) is 0 Å². The summed E-state index contributed by atoms with van der Waals surface area (Å²) in [6.07, 6.45) is 12.1. The third-order valence-electron chi connectivity index (χ3n) is 6.24. The van der Waals surface area contributed by atoms with Crippen molar-refractivity contribution in [3.63, 3.8) is 0 Å². The number of carbonyl (C=O) groups excluding carboxylic acids is 3. The lowest BCUT2D eigenvalue weighted by atomic mass is 10.1. The Bertz CT molecular complexity index is 850. The van der Waals surface area contributed by atoms with Crippen molar-refractivity contribution in [3.05, 3.63) is 34.9 Å². The van der Waals surface area contributed by atoms with Crippen LogP contribution < -0.4 is 10.6 Å². The maximum atomic E-state index is 12.5. The second kappa shape index (κ2) is 17.3. The summed E-state index contributed by atoms with van der Waals surface area (Å²) in [5.74, 6) is -1.03. The molecule has 0 radical (unpaired) electrons. The average Bonchev–Trinajstić information content (AvgIpc) is 2.85. The minimum absolute atomic E-state index is 0.114. The predicted octanol–water partition coefficient (Wildman–Crippen LogP) is 4.94. The van der Waals surface area contributed by atoms with Gasteiger partial charge in [-0.15, -0.1) is 0 Å². The van der Waals surface area contributed by atoms with E-state index in [2.05, 4.69) is 17.6 Å². The second-order valence-electron chi connectivity index (χ2n) is 9.26. The van der Waals surface area contributed by atoms with E-state index in [9.17, 15) is 14.4 Å². The van der Waals surface area contributed by atoms with Crippen molar-refractivity contribution in [2.75, 3.05) is 19.7 Å². The lowest BCUT2D eigenvalue weighted by molar-refractivity contribution is -0.147. The van der Waals surface area contributed by atoms with Crippen molar-refractivity contribution in [2.24, 2.45) is 0 Å². The third kappa shape index (κ3) is 11.7. The summed E-state index contributed by atoms with van der Waals surface area (Å²) in [6.45, 7) is 3.37. The molecule has 1 aromatic rings. The summed E-state index contributed by atoms with van der Waals surface area (Å²) in [5, 5.41) is 6.17. The number of rotatable bonds is 15. The number of halogens is 1. The molecule has 0 bridgehead atoms. The molecule has 9 heteroatoms. The van der Waals surface area contributed by atoms with Crippen molar-refractivity contribution in [1.29, 1.82) is 0 Å². The molecule has 1 aromatic carbocycles. The summed E-state index contributed by atoms with van der Waals surface area (Å²) < 4.78 is 5.38. The summed E-state index contributed by atoms with van der Waals surface area (Å²) in [7, 11) is 0. The first-order valence-corrected chi connectivity index (χ1v) is 14.0. The largest absolute Gasteiger partial charge is 0.466 e. The van der Waals surface area contributed by atoms with Crippen LogP contribution in [-0.2, 0) is 25.5 Å². The van der Waals surface area contributed by atoms with Gasteiger partial charge in [0.1, 0.15) is 6.04 Å². The van der Waals surface area contributed by atoms with Crippen LogP contribution in [-0.4, -0.2) is 53.5 Å². The molecule has 0 aromatic heterocycles. The topological polar surface area (TPSA) is 87.7 Å². The Balaban J connectivity index is 1.68. The van der Waals surface area contributed by atoms with E-state index in [1.54, 1.807) is 29.2 Å². The van der Waals surface area contributed by atoms with Gasteiger partial charge in [-0.1, -0.05) is 88.4 Å². The van der Waals surface area contributed by atoms with Crippen LogP contribution in [0, 0.1) is 0 Å². The van der Waals surface area contributed by atoms with Crippen LogP contribution in [0.15, 0.2) is 24.3 Å². The number of nitrogens with zero attached hydrogens (tertiary/aromatic N) is 1. The van der Waals surface area contributed by atoms with E-state index in [4.69, 9.17) is 28.6 Å². The Morgan fingerprint density at radius 2 is 1.67 bits per heavy atom. The first-order chi connectivity index (χ1) is 17.4. The molecule has 2 N–H and O–H groups in total. The molecular weight excluding hydrogens is 498 g/mol. The number of benzene rings is 1. The molecule has 1 saturated heterocycles. The van der Waals surface area contributed by atoms with Crippen LogP contribution in [0.3, 0.4) is 0 Å². The van der Waals surface area contributed by atoms with E-state index in [0.717, 1.165) is 24.8 Å². The Labute approximate surface area is 225 Å². The quantitative estimate of drug-likeness (QED) is 0.187. The normalized spacial score (nSPS) is 15.3. The van der Waals surface area contributed by atoms with Crippen LogP contribution in [0.4, 0.5) is 0 Å². The zero-order chi connectivity index (χ0) is 26.2. The van der Waals surface area contributed by atoms with Gasteiger partial charge in [-0.25, -0.2) is 0 Å². The van der Waals surface area contributed by atoms with Crippen LogP contribution in [0.25, 0.3) is 0 Å². The molecule has 2 rings (SSSR count). The van der Waals surface area contributed by atoms with Gasteiger partial charge in [-0.2, -0.15) is 0 Å². The van der Waals surface area contributed by atoms with Crippen molar-refractivity contribution in [3.8, 4) is 0 Å². The summed E-state index contributed by atoms with van der Waals surface area (Å²) in [4.78, 5) is 38.9. The lowest BCUT2D eigenvalue weighted by Gasteiger charge is -2.36. The molecule has 1 fully saturated rings. The third-order valence-corrected chi connectivity index (χ3v) is 6.83. The van der Waals surface area contributed by atoms with Gasteiger partial charge in [0.15, 0.2) is 5.11 Å². The highest BCUT2D eigenvalue weighted by Crippen LogP contribution is 2.14. The van der Waals surface area contributed by atoms with Crippen molar-refractivity contribution in [2.45, 2.75) is 90.0 Å². The molecular formula is C27H40ClN3O4S. The van der Waals surface area contributed by atoms with E-state index in [1.165, 1.54) is 44.9 Å². The number of hydrogen-bond donors (Lipinski definition) is 2. The fraction of sp³-hybridized carbons (Fsp3) is 0.630. The molecule has 1 unspecified atom stereocenters. The molecule has 0 spiro atoms. The van der Waals surface area contributed by atoms with E-state index < -0.39 is 12.0 Å². The molecule has 0 aliphatic carbocycles. The number of unbranched alkanes of at least 4 members (excludes halogenated alkanes) is 9. The monoisotopic (exact) mass is 537 g/mol. The molecule has 0 saturated carbocycles. The number of piperazine rings is 1. The highest BCUT2D eigenvalue weighted by molar-refractivity contribution is 7.80. The Morgan fingerprint density at radius 3 is 2.31 bits per heavy atom. The highest BCUT2D eigenvalue weighted by Gasteiger charge is 2.34. The fourth-order valence-corrected chi connectivity index (χ4v) is 4.63. The standard InChI is InChI=1S/C27H40ClN3O4S/c1-2-3-4-5-6-7-8-9-10-11-18-35-25(33)20-23-26(34)29-16-17-31(23)27(36)30-24(32)19-21-12-14-22(28)15-13-21/h12-15,23H,2-11,16-20H2,1H3,(H,29,34)(H,30,32,36). The number of hydrogen-bond acceptors (Lipinski definition) is 5. The predicted molar refractivity (Wildman–Crippen MR) is 147 cm³/mol. The molecule has 1 aliphatic rings. The zero-order valence-electron chi connectivity index (χ0n) is 21.4. The molecule has 2 amide bonds. The van der Waals surface area contributed by atoms with Crippen LogP contribution >= 0.6 is 23.8 Å². The maximum absolute atomic E-state index is 12.5. The number of carbonyl (C=O) groups is 3. The van der Waals surface area contributed by atoms with Gasteiger partial charge in [-0.3, -0.25) is 14.4 Å². The van der Waals surface area contributed by atoms with Gasteiger partial charge >= 0.3 is 5.97 Å². The van der Waals surface area contributed by atoms with Crippen LogP contribution in [0.2, 0.25) is 5.02 Å². The number of esters is 1. The molecule has 200 valence electrons. The van der Waals surface area contributed by atoms with E-state index in [0.29, 0.717) is 24.7 Å². The fourth-order valence-electron chi connectivity index (χ4n) is 4.18. The second-order valence-corrected chi connectivity index (χ2v) is 10.1.